The number of hydrogen-bond acceptors (Lipinski definition) is 4. The Bertz CT molecular complexity index is 1030. The normalized spacial score (nSPS) is 25.9. The van der Waals surface area contributed by atoms with Crippen LogP contribution in [0.4, 0.5) is 8.78 Å². The molecule has 0 bridgehead atoms. The molecule has 0 radical (unpaired) electrons. The molecule has 0 saturated carbocycles. The second kappa shape index (κ2) is 7.54. The molecule has 32 heavy (non-hydrogen) atoms. The Balaban J connectivity index is 1.29. The van der Waals surface area contributed by atoms with Gasteiger partial charge in [-0.2, -0.15) is 13.9 Å². The van der Waals surface area contributed by atoms with E-state index >= 15 is 0 Å². The molecule has 172 valence electrons. The topological polar surface area (TPSA) is 56.6 Å². The summed E-state index contributed by atoms with van der Waals surface area (Å²) < 4.78 is 39.0. The van der Waals surface area contributed by atoms with E-state index in [-0.39, 0.29) is 34.6 Å². The summed E-state index contributed by atoms with van der Waals surface area (Å²) in [5, 5.41) is 3.72. The van der Waals surface area contributed by atoms with Crippen LogP contribution in [0, 0.1) is 18.3 Å². The van der Waals surface area contributed by atoms with Gasteiger partial charge in [-0.3, -0.25) is 4.79 Å². The molecule has 0 N–H and O–H groups in total. The molecule has 2 saturated heterocycles. The second-order valence-electron chi connectivity index (χ2n) is 10.0. The predicted octanol–water partition coefficient (Wildman–Crippen LogP) is 4.76. The highest BCUT2D eigenvalue weighted by Crippen LogP contribution is 2.55. The minimum atomic E-state index is -2.75. The fraction of sp³-hybridized carbons (Fsp3) is 0.583. The third-order valence-electron chi connectivity index (χ3n) is 7.47. The van der Waals surface area contributed by atoms with Gasteiger partial charge in [0.2, 0.25) is 0 Å². The number of fused-ring (bicyclic) bond motifs is 3. The largest absolute Gasteiger partial charge is 0.487 e. The van der Waals surface area contributed by atoms with E-state index in [4.69, 9.17) is 9.47 Å². The SMILES string of the molecule is Cc1ccc2c(c1)OC(C)(C)[C@H]1CC3(CCN(C(=O)c4ccn(C(F)F)n4)CC3)CO[C@H]21. The van der Waals surface area contributed by atoms with Crippen molar-refractivity contribution in [2.24, 2.45) is 11.3 Å². The number of alkyl halides is 2. The summed E-state index contributed by atoms with van der Waals surface area (Å²) in [5.74, 6) is 0.839. The number of carbonyl (C=O) groups excluding carboxylic acids is 1. The maximum atomic E-state index is 12.8. The van der Waals surface area contributed by atoms with Crippen LogP contribution in [0.2, 0.25) is 0 Å². The number of rotatable bonds is 2. The highest BCUT2D eigenvalue weighted by molar-refractivity contribution is 5.92. The molecule has 0 aliphatic carbocycles. The molecule has 2 fully saturated rings. The smallest absolute Gasteiger partial charge is 0.333 e. The van der Waals surface area contributed by atoms with Crippen LogP contribution in [0.3, 0.4) is 0 Å². The van der Waals surface area contributed by atoms with Crippen molar-refractivity contribution in [1.82, 2.24) is 14.7 Å². The lowest BCUT2D eigenvalue weighted by Gasteiger charge is -2.54. The van der Waals surface area contributed by atoms with Crippen molar-refractivity contribution < 1.29 is 23.0 Å². The molecule has 8 heteroatoms. The predicted molar refractivity (Wildman–Crippen MR) is 114 cm³/mol. The average Bonchev–Trinajstić information content (AvgIpc) is 3.24. The minimum absolute atomic E-state index is 0.0108. The maximum Gasteiger partial charge on any atom is 0.333 e. The Morgan fingerprint density at radius 3 is 2.66 bits per heavy atom. The first-order chi connectivity index (χ1) is 15.2. The first-order valence-electron chi connectivity index (χ1n) is 11.2. The number of halogens is 2. The van der Waals surface area contributed by atoms with Gasteiger partial charge in [-0.05, 0) is 63.1 Å². The van der Waals surface area contributed by atoms with Gasteiger partial charge in [0.15, 0.2) is 5.69 Å². The van der Waals surface area contributed by atoms with E-state index in [2.05, 4.69) is 44.1 Å². The van der Waals surface area contributed by atoms with Crippen LogP contribution in [-0.4, -0.2) is 45.9 Å². The van der Waals surface area contributed by atoms with Crippen LogP contribution in [0.1, 0.15) is 67.4 Å². The number of carbonyl (C=O) groups is 1. The Morgan fingerprint density at radius 2 is 1.97 bits per heavy atom. The van der Waals surface area contributed by atoms with Gasteiger partial charge in [0, 0.05) is 30.8 Å². The number of hydrogen-bond donors (Lipinski definition) is 0. The summed E-state index contributed by atoms with van der Waals surface area (Å²) in [7, 11) is 0. The Morgan fingerprint density at radius 1 is 1.22 bits per heavy atom. The molecule has 1 aromatic heterocycles. The van der Waals surface area contributed by atoms with E-state index in [9.17, 15) is 13.6 Å². The number of amides is 1. The Hall–Kier alpha value is -2.48. The van der Waals surface area contributed by atoms with Crippen LogP contribution in [-0.2, 0) is 4.74 Å². The van der Waals surface area contributed by atoms with Crippen LogP contribution < -0.4 is 4.74 Å². The zero-order valence-electron chi connectivity index (χ0n) is 18.7. The average molecular weight is 446 g/mol. The Kier molecular flexibility index (Phi) is 5.04. The summed E-state index contributed by atoms with van der Waals surface area (Å²) in [6.07, 6.45) is 3.75. The summed E-state index contributed by atoms with van der Waals surface area (Å²) in [6.45, 7) is 5.37. The lowest BCUT2D eigenvalue weighted by atomic mass is 9.64. The third-order valence-corrected chi connectivity index (χ3v) is 7.47. The molecule has 0 unspecified atom stereocenters. The highest BCUT2D eigenvalue weighted by Gasteiger charge is 2.53. The molecule has 5 rings (SSSR count). The van der Waals surface area contributed by atoms with E-state index in [1.807, 2.05) is 0 Å². The van der Waals surface area contributed by atoms with Crippen molar-refractivity contribution in [2.75, 3.05) is 19.7 Å². The monoisotopic (exact) mass is 445 g/mol. The van der Waals surface area contributed by atoms with Gasteiger partial charge in [-0.1, -0.05) is 12.1 Å². The zero-order valence-corrected chi connectivity index (χ0v) is 18.7. The summed E-state index contributed by atoms with van der Waals surface area (Å²) in [4.78, 5) is 14.5. The molecule has 2 atom stereocenters. The van der Waals surface area contributed by atoms with Crippen LogP contribution >= 0.6 is 0 Å². The summed E-state index contributed by atoms with van der Waals surface area (Å²) >= 11 is 0. The first-order valence-corrected chi connectivity index (χ1v) is 11.2. The molecule has 1 aromatic carbocycles. The quantitative estimate of drug-likeness (QED) is 0.669. The molecule has 3 aliphatic rings. The lowest BCUT2D eigenvalue weighted by Crippen LogP contribution is -2.54. The number of nitrogens with zero attached hydrogens (tertiary/aromatic N) is 3. The lowest BCUT2D eigenvalue weighted by molar-refractivity contribution is -0.173. The van der Waals surface area contributed by atoms with E-state index < -0.39 is 6.55 Å². The fourth-order valence-electron chi connectivity index (χ4n) is 5.51. The van der Waals surface area contributed by atoms with Crippen molar-refractivity contribution in [2.45, 2.75) is 58.3 Å². The molecule has 2 aromatic rings. The first kappa shape index (κ1) is 21.4. The number of aryl methyl sites for hydroxylation is 1. The number of piperidine rings is 1. The van der Waals surface area contributed by atoms with Gasteiger partial charge in [0.25, 0.3) is 5.91 Å². The van der Waals surface area contributed by atoms with Gasteiger partial charge in [0.05, 0.1) is 12.7 Å². The van der Waals surface area contributed by atoms with Gasteiger partial charge in [0.1, 0.15) is 11.4 Å². The Labute approximate surface area is 186 Å². The number of ether oxygens (including phenoxy) is 2. The molecular weight excluding hydrogens is 416 g/mol. The number of benzene rings is 1. The molecule has 6 nitrogen and oxygen atoms in total. The van der Waals surface area contributed by atoms with Crippen molar-refractivity contribution in [3.8, 4) is 5.75 Å². The van der Waals surface area contributed by atoms with Gasteiger partial charge >= 0.3 is 6.55 Å². The minimum Gasteiger partial charge on any atom is -0.487 e. The molecule has 1 spiro atoms. The zero-order chi connectivity index (χ0) is 22.7. The molecular formula is C24H29F2N3O3. The summed E-state index contributed by atoms with van der Waals surface area (Å²) in [6, 6.07) is 7.66. The van der Waals surface area contributed by atoms with Crippen LogP contribution in [0.25, 0.3) is 0 Å². The second-order valence-corrected chi connectivity index (χ2v) is 10.0. The molecule has 3 aliphatic heterocycles. The molecule has 1 amide bonds. The highest BCUT2D eigenvalue weighted by atomic mass is 19.3. The van der Waals surface area contributed by atoms with Gasteiger partial charge in [-0.15, -0.1) is 0 Å². The summed E-state index contributed by atoms with van der Waals surface area (Å²) in [5.41, 5.74) is 1.99. The van der Waals surface area contributed by atoms with Crippen molar-refractivity contribution >= 4 is 5.91 Å². The van der Waals surface area contributed by atoms with Crippen LogP contribution in [0.15, 0.2) is 30.5 Å². The molecule has 4 heterocycles. The van der Waals surface area contributed by atoms with Crippen LogP contribution in [0.5, 0.6) is 5.75 Å². The van der Waals surface area contributed by atoms with Gasteiger partial charge < -0.3 is 14.4 Å². The maximum absolute atomic E-state index is 12.8. The van der Waals surface area contributed by atoms with E-state index in [1.165, 1.54) is 11.6 Å². The van der Waals surface area contributed by atoms with E-state index in [0.717, 1.165) is 36.8 Å². The number of likely N-dealkylation sites (tertiary alicyclic amines) is 1. The van der Waals surface area contributed by atoms with Crippen molar-refractivity contribution in [3.63, 3.8) is 0 Å². The van der Waals surface area contributed by atoms with Gasteiger partial charge in [-0.25, -0.2) is 4.68 Å². The fourth-order valence-corrected chi connectivity index (χ4v) is 5.51. The van der Waals surface area contributed by atoms with Crippen molar-refractivity contribution in [3.05, 3.63) is 47.3 Å². The van der Waals surface area contributed by atoms with E-state index in [1.54, 1.807) is 4.90 Å². The van der Waals surface area contributed by atoms with Crippen molar-refractivity contribution in [1.29, 1.82) is 0 Å². The van der Waals surface area contributed by atoms with E-state index in [0.29, 0.717) is 24.4 Å². The standard InChI is InChI=1S/C24H29F2N3O3/c1-15-4-5-16-19(12-15)32-23(2,3)17-13-24(14-31-20(16)17)7-10-28(11-8-24)21(30)18-6-9-29(27-18)22(25)26/h4-6,9,12,17,20,22H,7-8,10-11,13-14H2,1-3H3/t17-,20+/m0/s1. The third kappa shape index (κ3) is 3.58. The number of aromatic nitrogens is 2.